The van der Waals surface area contributed by atoms with Crippen molar-refractivity contribution in [2.45, 2.75) is 10.3 Å². The van der Waals surface area contributed by atoms with Crippen molar-refractivity contribution >= 4 is 46.7 Å². The zero-order valence-electron chi connectivity index (χ0n) is 10.1. The van der Waals surface area contributed by atoms with Gasteiger partial charge in [0.2, 0.25) is 0 Å². The molecule has 0 aliphatic heterocycles. The SMILES string of the molecule is CSc1nc(Oc2ccc(Cl)cc2Cl)nc(SC)n1. The molecule has 4 nitrogen and oxygen atoms in total. The molecule has 0 unspecified atom stereocenters. The molecule has 0 saturated heterocycles. The topological polar surface area (TPSA) is 47.9 Å². The smallest absolute Gasteiger partial charge is 0.327 e. The maximum atomic E-state index is 6.04. The van der Waals surface area contributed by atoms with Gasteiger partial charge in [-0.3, -0.25) is 0 Å². The van der Waals surface area contributed by atoms with Gasteiger partial charge in [-0.25, -0.2) is 0 Å². The fourth-order valence-electron chi connectivity index (χ4n) is 1.21. The minimum atomic E-state index is 0.216. The summed E-state index contributed by atoms with van der Waals surface area (Å²) in [6.07, 6.45) is 3.77. The Bertz CT molecular complexity index is 576. The van der Waals surface area contributed by atoms with Gasteiger partial charge in [0, 0.05) is 5.02 Å². The molecule has 2 rings (SSSR count). The number of aromatic nitrogens is 3. The van der Waals surface area contributed by atoms with E-state index in [4.69, 9.17) is 27.9 Å². The molecule has 0 spiro atoms. The van der Waals surface area contributed by atoms with Crippen LogP contribution in [0.5, 0.6) is 11.8 Å². The lowest BCUT2D eigenvalue weighted by molar-refractivity contribution is 0.424. The number of nitrogens with zero attached hydrogens (tertiary/aromatic N) is 3. The van der Waals surface area contributed by atoms with Crippen LogP contribution in [0.2, 0.25) is 10.0 Å². The average Bonchev–Trinajstić information content (AvgIpc) is 2.41. The highest BCUT2D eigenvalue weighted by molar-refractivity contribution is 7.99. The molecule has 0 aliphatic rings. The highest BCUT2D eigenvalue weighted by Crippen LogP contribution is 2.31. The van der Waals surface area contributed by atoms with Crippen LogP contribution < -0.4 is 4.74 Å². The van der Waals surface area contributed by atoms with Gasteiger partial charge in [-0.05, 0) is 30.7 Å². The lowest BCUT2D eigenvalue weighted by atomic mass is 10.3. The highest BCUT2D eigenvalue weighted by atomic mass is 35.5. The van der Waals surface area contributed by atoms with E-state index in [1.54, 1.807) is 18.2 Å². The number of rotatable bonds is 4. The van der Waals surface area contributed by atoms with Crippen molar-refractivity contribution in [2.24, 2.45) is 0 Å². The van der Waals surface area contributed by atoms with Gasteiger partial charge in [0.15, 0.2) is 10.3 Å². The van der Waals surface area contributed by atoms with Crippen LogP contribution >= 0.6 is 46.7 Å². The minimum Gasteiger partial charge on any atom is -0.423 e. The molecule has 100 valence electrons. The molecule has 1 aromatic heterocycles. The summed E-state index contributed by atoms with van der Waals surface area (Å²) in [4.78, 5) is 12.6. The fourth-order valence-corrected chi connectivity index (χ4v) is 2.40. The largest absolute Gasteiger partial charge is 0.423 e. The summed E-state index contributed by atoms with van der Waals surface area (Å²) in [7, 11) is 0. The Kier molecular flexibility index (Phi) is 5.15. The summed E-state index contributed by atoms with van der Waals surface area (Å²) < 4.78 is 5.57. The number of hydrogen-bond donors (Lipinski definition) is 0. The first-order valence-electron chi connectivity index (χ1n) is 5.09. The van der Waals surface area contributed by atoms with Crippen LogP contribution in [0.4, 0.5) is 0 Å². The quantitative estimate of drug-likeness (QED) is 0.772. The Morgan fingerprint density at radius 3 is 2.16 bits per heavy atom. The second-order valence-electron chi connectivity index (χ2n) is 3.27. The monoisotopic (exact) mass is 333 g/mol. The van der Waals surface area contributed by atoms with E-state index in [2.05, 4.69) is 15.0 Å². The molecule has 0 saturated carbocycles. The number of hydrogen-bond acceptors (Lipinski definition) is 6. The van der Waals surface area contributed by atoms with Crippen molar-refractivity contribution < 1.29 is 4.74 Å². The van der Waals surface area contributed by atoms with E-state index < -0.39 is 0 Å². The summed E-state index contributed by atoms with van der Waals surface area (Å²) in [6, 6.07) is 5.18. The van der Waals surface area contributed by atoms with Gasteiger partial charge in [-0.1, -0.05) is 46.7 Å². The zero-order chi connectivity index (χ0) is 13.8. The van der Waals surface area contributed by atoms with Crippen LogP contribution in [-0.4, -0.2) is 27.5 Å². The number of halogens is 2. The summed E-state index contributed by atoms with van der Waals surface area (Å²) in [6.45, 7) is 0. The third-order valence-corrected chi connectivity index (χ3v) is 3.66. The second-order valence-corrected chi connectivity index (χ2v) is 5.66. The highest BCUT2D eigenvalue weighted by Gasteiger charge is 2.10. The van der Waals surface area contributed by atoms with E-state index in [0.717, 1.165) is 0 Å². The van der Waals surface area contributed by atoms with Gasteiger partial charge in [0.1, 0.15) is 5.75 Å². The van der Waals surface area contributed by atoms with Crippen LogP contribution in [0.1, 0.15) is 0 Å². The average molecular weight is 334 g/mol. The Hall–Kier alpha value is -0.690. The Morgan fingerprint density at radius 1 is 1.00 bits per heavy atom. The second kappa shape index (κ2) is 6.65. The normalized spacial score (nSPS) is 10.5. The summed E-state index contributed by atoms with van der Waals surface area (Å²) >= 11 is 14.7. The van der Waals surface area contributed by atoms with Crippen molar-refractivity contribution in [3.05, 3.63) is 28.2 Å². The molecule has 0 aliphatic carbocycles. The summed E-state index contributed by atoms with van der Waals surface area (Å²) in [5.41, 5.74) is 0. The first kappa shape index (κ1) is 14.7. The molecule has 19 heavy (non-hydrogen) atoms. The maximum absolute atomic E-state index is 6.04. The third kappa shape index (κ3) is 3.89. The standard InChI is InChI=1S/C11H9Cl2N3OS2/c1-18-10-14-9(15-11(16-10)19-2)17-8-4-3-6(12)5-7(8)13/h3-5H,1-2H3. The Labute approximate surface area is 129 Å². The molecule has 1 aromatic carbocycles. The molecule has 1 heterocycles. The number of thioether (sulfide) groups is 2. The van der Waals surface area contributed by atoms with Crippen LogP contribution in [0.3, 0.4) is 0 Å². The van der Waals surface area contributed by atoms with Crippen molar-refractivity contribution in [3.8, 4) is 11.8 Å². The van der Waals surface area contributed by atoms with Crippen LogP contribution in [0.15, 0.2) is 28.5 Å². The van der Waals surface area contributed by atoms with Crippen molar-refractivity contribution in [1.29, 1.82) is 0 Å². The van der Waals surface area contributed by atoms with Gasteiger partial charge in [-0.15, -0.1) is 0 Å². The predicted octanol–water partition coefficient (Wildman–Crippen LogP) is 4.41. The molecule has 8 heteroatoms. The maximum Gasteiger partial charge on any atom is 0.327 e. The molecule has 0 amide bonds. The van der Waals surface area contributed by atoms with E-state index >= 15 is 0 Å². The van der Waals surface area contributed by atoms with E-state index in [1.807, 2.05) is 12.5 Å². The van der Waals surface area contributed by atoms with Gasteiger partial charge >= 0.3 is 6.01 Å². The van der Waals surface area contributed by atoms with Gasteiger partial charge in [0.25, 0.3) is 0 Å². The van der Waals surface area contributed by atoms with Crippen molar-refractivity contribution in [2.75, 3.05) is 12.5 Å². The van der Waals surface area contributed by atoms with Crippen LogP contribution in [-0.2, 0) is 0 Å². The molecule has 0 fully saturated rings. The molecular formula is C11H9Cl2N3OS2. The molecule has 0 N–H and O–H groups in total. The molecule has 0 bridgehead atoms. The Morgan fingerprint density at radius 2 is 1.63 bits per heavy atom. The molecule has 0 atom stereocenters. The van der Waals surface area contributed by atoms with Gasteiger partial charge < -0.3 is 4.74 Å². The lowest BCUT2D eigenvalue weighted by Crippen LogP contribution is -1.98. The fraction of sp³-hybridized carbons (Fsp3) is 0.182. The summed E-state index contributed by atoms with van der Waals surface area (Å²) in [5, 5.41) is 2.14. The van der Waals surface area contributed by atoms with E-state index in [1.165, 1.54) is 23.5 Å². The van der Waals surface area contributed by atoms with Gasteiger partial charge in [-0.2, -0.15) is 15.0 Å². The predicted molar refractivity (Wildman–Crippen MR) is 79.9 cm³/mol. The van der Waals surface area contributed by atoms with Crippen molar-refractivity contribution in [1.82, 2.24) is 15.0 Å². The first-order valence-corrected chi connectivity index (χ1v) is 8.30. The van der Waals surface area contributed by atoms with E-state index in [9.17, 15) is 0 Å². The van der Waals surface area contributed by atoms with Crippen LogP contribution in [0.25, 0.3) is 0 Å². The van der Waals surface area contributed by atoms with Crippen molar-refractivity contribution in [3.63, 3.8) is 0 Å². The van der Waals surface area contributed by atoms with Gasteiger partial charge in [0.05, 0.1) is 5.02 Å². The van der Waals surface area contributed by atoms with E-state index in [-0.39, 0.29) is 6.01 Å². The number of benzene rings is 1. The molecular weight excluding hydrogens is 325 g/mol. The minimum absolute atomic E-state index is 0.216. The number of ether oxygens (including phenoxy) is 1. The zero-order valence-corrected chi connectivity index (χ0v) is 13.2. The van der Waals surface area contributed by atoms with Crippen LogP contribution in [0, 0.1) is 0 Å². The lowest BCUT2D eigenvalue weighted by Gasteiger charge is -2.07. The Balaban J connectivity index is 2.31. The first-order chi connectivity index (χ1) is 9.12. The molecule has 0 radical (unpaired) electrons. The molecule has 2 aromatic rings. The third-order valence-electron chi connectivity index (χ3n) is 2.03. The summed E-state index contributed by atoms with van der Waals surface area (Å²) in [5.74, 6) is 0.455. The van der Waals surface area contributed by atoms with E-state index in [0.29, 0.717) is 26.1 Å².